The molecule has 2 rings (SSSR count). The average molecular weight is 394 g/mol. The molecule has 0 atom stereocenters. The summed E-state index contributed by atoms with van der Waals surface area (Å²) in [4.78, 5) is 16.1. The topological polar surface area (TPSA) is 96.3 Å². The van der Waals surface area contributed by atoms with Crippen LogP contribution in [0.2, 0.25) is 0 Å². The van der Waals surface area contributed by atoms with Crippen LogP contribution in [0.25, 0.3) is 0 Å². The van der Waals surface area contributed by atoms with Crippen molar-refractivity contribution in [3.63, 3.8) is 0 Å². The van der Waals surface area contributed by atoms with Gasteiger partial charge in [-0.1, -0.05) is 12.1 Å². The van der Waals surface area contributed by atoms with Crippen LogP contribution in [-0.2, 0) is 17.8 Å². The molecule has 0 fully saturated rings. The third-order valence-corrected chi connectivity index (χ3v) is 3.95. The number of hydrogen-bond donors (Lipinski definition) is 2. The smallest absolute Gasteiger partial charge is 0.263 e. The van der Waals surface area contributed by atoms with Gasteiger partial charge in [-0.05, 0) is 49.6 Å². The van der Waals surface area contributed by atoms with Crippen molar-refractivity contribution in [3.05, 3.63) is 65.6 Å². The maximum atomic E-state index is 12.1. The van der Waals surface area contributed by atoms with Crippen LogP contribution in [0.5, 0.6) is 11.5 Å². The Labute approximate surface area is 171 Å². The Bertz CT molecular complexity index is 860. The Hall–Kier alpha value is -3.53. The first-order chi connectivity index (χ1) is 14.2. The van der Waals surface area contributed by atoms with Crippen LogP contribution >= 0.6 is 0 Å². The second kappa shape index (κ2) is 12.0. The predicted molar refractivity (Wildman–Crippen MR) is 110 cm³/mol. The quantitative estimate of drug-likeness (QED) is 0.346. The standard InChI is InChI=1S/C22H26N4O3/c1-3-28-20-8-7-17(12-21(20)29-4-2)9-11-25-16-19(13-23)22(27)26-15-18-6-5-10-24-14-18/h5-8,10,12,14,16,25H,3-4,9,11,15H2,1-2H3,(H,26,27)/b19-16-. The lowest BCUT2D eigenvalue weighted by Crippen LogP contribution is -2.25. The molecule has 0 aliphatic carbocycles. The van der Waals surface area contributed by atoms with Crippen LogP contribution in [0.15, 0.2) is 54.5 Å². The first-order valence-corrected chi connectivity index (χ1v) is 9.57. The van der Waals surface area contributed by atoms with Crippen LogP contribution in [0.3, 0.4) is 0 Å². The maximum absolute atomic E-state index is 12.1. The van der Waals surface area contributed by atoms with E-state index < -0.39 is 5.91 Å². The van der Waals surface area contributed by atoms with Gasteiger partial charge in [-0.25, -0.2) is 0 Å². The zero-order valence-electron chi connectivity index (χ0n) is 16.8. The lowest BCUT2D eigenvalue weighted by atomic mass is 10.1. The van der Waals surface area contributed by atoms with Crippen molar-refractivity contribution in [2.45, 2.75) is 26.8 Å². The molecule has 0 aliphatic heterocycles. The highest BCUT2D eigenvalue weighted by molar-refractivity contribution is 5.97. The summed E-state index contributed by atoms with van der Waals surface area (Å²) in [6.45, 7) is 5.88. The molecule has 0 radical (unpaired) electrons. The Morgan fingerprint density at radius 3 is 2.66 bits per heavy atom. The van der Waals surface area contributed by atoms with Gasteiger partial charge < -0.3 is 20.1 Å². The summed E-state index contributed by atoms with van der Waals surface area (Å²) >= 11 is 0. The summed E-state index contributed by atoms with van der Waals surface area (Å²) in [5.74, 6) is 1.02. The second-order valence-electron chi connectivity index (χ2n) is 6.07. The van der Waals surface area contributed by atoms with Crippen LogP contribution < -0.4 is 20.1 Å². The number of carbonyl (C=O) groups excluding carboxylic acids is 1. The van der Waals surface area contributed by atoms with Gasteiger partial charge >= 0.3 is 0 Å². The lowest BCUT2D eigenvalue weighted by Gasteiger charge is -2.12. The third-order valence-electron chi connectivity index (χ3n) is 3.95. The number of carbonyl (C=O) groups is 1. The van der Waals surface area contributed by atoms with Crippen LogP contribution in [0.1, 0.15) is 25.0 Å². The molecule has 1 aromatic carbocycles. The summed E-state index contributed by atoms with van der Waals surface area (Å²) in [6, 6.07) is 11.4. The number of aromatic nitrogens is 1. The zero-order valence-corrected chi connectivity index (χ0v) is 16.8. The lowest BCUT2D eigenvalue weighted by molar-refractivity contribution is -0.117. The number of nitriles is 1. The van der Waals surface area contributed by atoms with E-state index in [9.17, 15) is 10.1 Å². The number of pyridine rings is 1. The van der Waals surface area contributed by atoms with Crippen molar-refractivity contribution >= 4 is 5.91 Å². The molecule has 0 unspecified atom stereocenters. The second-order valence-corrected chi connectivity index (χ2v) is 6.07. The summed E-state index contributed by atoms with van der Waals surface area (Å²) in [5.41, 5.74) is 1.96. The minimum absolute atomic E-state index is 0.0237. The van der Waals surface area contributed by atoms with E-state index in [4.69, 9.17) is 9.47 Å². The molecular formula is C22H26N4O3. The van der Waals surface area contributed by atoms with Gasteiger partial charge in [0.25, 0.3) is 5.91 Å². The Morgan fingerprint density at radius 2 is 1.97 bits per heavy atom. The van der Waals surface area contributed by atoms with E-state index >= 15 is 0 Å². The molecule has 152 valence electrons. The van der Waals surface area contributed by atoms with Crippen molar-refractivity contribution in [3.8, 4) is 17.6 Å². The van der Waals surface area contributed by atoms with Gasteiger partial charge in [0.15, 0.2) is 11.5 Å². The molecule has 2 N–H and O–H groups in total. The molecule has 1 amide bonds. The number of benzene rings is 1. The van der Waals surface area contributed by atoms with Crippen molar-refractivity contribution in [1.82, 2.24) is 15.6 Å². The largest absolute Gasteiger partial charge is 0.490 e. The van der Waals surface area contributed by atoms with E-state index in [1.807, 2.05) is 44.2 Å². The minimum Gasteiger partial charge on any atom is -0.490 e. The van der Waals surface area contributed by atoms with Crippen molar-refractivity contribution < 1.29 is 14.3 Å². The van der Waals surface area contributed by atoms with Gasteiger partial charge in [-0.2, -0.15) is 5.26 Å². The van der Waals surface area contributed by atoms with E-state index in [1.54, 1.807) is 18.5 Å². The first-order valence-electron chi connectivity index (χ1n) is 9.57. The van der Waals surface area contributed by atoms with Crippen LogP contribution in [0.4, 0.5) is 0 Å². The third kappa shape index (κ3) is 7.18. The highest BCUT2D eigenvalue weighted by Gasteiger charge is 2.09. The molecule has 7 heteroatoms. The van der Waals surface area contributed by atoms with Gasteiger partial charge in [0.05, 0.1) is 13.2 Å². The van der Waals surface area contributed by atoms with Gasteiger partial charge in [-0.3, -0.25) is 9.78 Å². The van der Waals surface area contributed by atoms with Gasteiger partial charge in [0, 0.05) is 31.7 Å². The number of rotatable bonds is 11. The summed E-state index contributed by atoms with van der Waals surface area (Å²) in [5, 5.41) is 15.0. The normalized spacial score (nSPS) is 10.7. The SMILES string of the molecule is CCOc1ccc(CCN/C=C(/C#N)C(=O)NCc2cccnc2)cc1OCC. The molecular weight excluding hydrogens is 368 g/mol. The van der Waals surface area contributed by atoms with Gasteiger partial charge in [0.2, 0.25) is 0 Å². The molecule has 0 saturated heterocycles. The number of nitrogens with one attached hydrogen (secondary N) is 2. The molecule has 29 heavy (non-hydrogen) atoms. The number of ether oxygens (including phenoxy) is 2. The first kappa shape index (κ1) is 21.8. The van der Waals surface area contributed by atoms with E-state index in [0.717, 1.165) is 22.6 Å². The predicted octanol–water partition coefficient (Wildman–Crippen LogP) is 2.73. The van der Waals surface area contributed by atoms with Crippen LogP contribution in [0, 0.1) is 11.3 Å². The van der Waals surface area contributed by atoms with Crippen molar-refractivity contribution in [2.24, 2.45) is 0 Å². The van der Waals surface area contributed by atoms with E-state index in [-0.39, 0.29) is 5.57 Å². The molecule has 0 bridgehead atoms. The average Bonchev–Trinajstić information content (AvgIpc) is 2.75. The highest BCUT2D eigenvalue weighted by atomic mass is 16.5. The molecule has 7 nitrogen and oxygen atoms in total. The van der Waals surface area contributed by atoms with Crippen molar-refractivity contribution in [2.75, 3.05) is 19.8 Å². The molecule has 0 saturated carbocycles. The molecule has 0 spiro atoms. The van der Waals surface area contributed by atoms with E-state index in [1.165, 1.54) is 6.20 Å². The molecule has 0 aliphatic rings. The fraction of sp³-hybridized carbons (Fsp3) is 0.318. The van der Waals surface area contributed by atoms with E-state index in [2.05, 4.69) is 15.6 Å². The Morgan fingerprint density at radius 1 is 1.17 bits per heavy atom. The summed E-state index contributed by atoms with van der Waals surface area (Å²) < 4.78 is 11.2. The summed E-state index contributed by atoms with van der Waals surface area (Å²) in [7, 11) is 0. The van der Waals surface area contributed by atoms with Crippen molar-refractivity contribution in [1.29, 1.82) is 5.26 Å². The molecule has 2 aromatic rings. The number of nitrogens with zero attached hydrogens (tertiary/aromatic N) is 2. The highest BCUT2D eigenvalue weighted by Crippen LogP contribution is 2.28. The number of amides is 1. The fourth-order valence-corrected chi connectivity index (χ4v) is 2.57. The summed E-state index contributed by atoms with van der Waals surface area (Å²) in [6.07, 6.45) is 5.48. The fourth-order valence-electron chi connectivity index (χ4n) is 2.57. The van der Waals surface area contributed by atoms with Crippen LogP contribution in [-0.4, -0.2) is 30.6 Å². The Balaban J connectivity index is 1.86. The monoisotopic (exact) mass is 394 g/mol. The maximum Gasteiger partial charge on any atom is 0.263 e. The van der Waals surface area contributed by atoms with E-state index in [0.29, 0.717) is 32.7 Å². The van der Waals surface area contributed by atoms with Gasteiger partial charge in [-0.15, -0.1) is 0 Å². The zero-order chi connectivity index (χ0) is 20.9. The molecule has 1 heterocycles. The Kier molecular flexibility index (Phi) is 9.03. The molecule has 1 aromatic heterocycles. The minimum atomic E-state index is -0.427. The van der Waals surface area contributed by atoms with Gasteiger partial charge in [0.1, 0.15) is 11.6 Å². The number of hydrogen-bond acceptors (Lipinski definition) is 6.